The summed E-state index contributed by atoms with van der Waals surface area (Å²) in [5, 5.41) is 0.886. The number of aryl methyl sites for hydroxylation is 1. The summed E-state index contributed by atoms with van der Waals surface area (Å²) in [6.07, 6.45) is 0.226. The predicted molar refractivity (Wildman–Crippen MR) is 110 cm³/mol. The molecule has 3 rings (SSSR count). The van der Waals surface area contributed by atoms with E-state index in [-0.39, 0.29) is 12.3 Å². The van der Waals surface area contributed by atoms with E-state index >= 15 is 0 Å². The van der Waals surface area contributed by atoms with E-state index in [0.29, 0.717) is 24.5 Å². The molecule has 1 aromatic heterocycles. The van der Waals surface area contributed by atoms with Crippen LogP contribution in [-0.4, -0.2) is 24.1 Å². The second kappa shape index (κ2) is 8.84. The zero-order valence-corrected chi connectivity index (χ0v) is 16.9. The molecule has 0 bridgehead atoms. The molecule has 7 heteroatoms. The van der Waals surface area contributed by atoms with Crippen molar-refractivity contribution in [2.75, 3.05) is 12.0 Å². The monoisotopic (exact) mass is 398 g/mol. The lowest BCUT2D eigenvalue weighted by Crippen LogP contribution is -2.37. The highest BCUT2D eigenvalue weighted by molar-refractivity contribution is 7.18. The zero-order valence-electron chi connectivity index (χ0n) is 16.1. The molecule has 0 unspecified atom stereocenters. The number of carbonyl (C=O) groups excluding carboxylic acids is 2. The molecule has 6 nitrogen and oxygen atoms in total. The molecule has 0 fully saturated rings. The van der Waals surface area contributed by atoms with Crippen molar-refractivity contribution in [3.05, 3.63) is 53.0 Å². The number of benzene rings is 2. The van der Waals surface area contributed by atoms with Crippen molar-refractivity contribution in [2.45, 2.75) is 33.3 Å². The fraction of sp³-hybridized carbons (Fsp3) is 0.286. The van der Waals surface area contributed by atoms with Crippen molar-refractivity contribution >= 4 is 39.2 Å². The van der Waals surface area contributed by atoms with Crippen molar-refractivity contribution in [1.82, 2.24) is 4.98 Å². The Morgan fingerprint density at radius 2 is 1.96 bits per heavy atom. The quantitative estimate of drug-likeness (QED) is 0.579. The van der Waals surface area contributed by atoms with Crippen molar-refractivity contribution in [3.8, 4) is 5.75 Å². The smallest absolute Gasteiger partial charge is 0.420 e. The lowest BCUT2D eigenvalue weighted by atomic mass is 10.1. The number of fused-ring (bicyclic) bond motifs is 1. The van der Waals surface area contributed by atoms with Crippen molar-refractivity contribution in [3.63, 3.8) is 0 Å². The maximum atomic E-state index is 12.4. The first kappa shape index (κ1) is 19.8. The maximum Gasteiger partial charge on any atom is 0.420 e. The van der Waals surface area contributed by atoms with E-state index in [1.165, 1.54) is 7.11 Å². The van der Waals surface area contributed by atoms with Gasteiger partial charge in [-0.25, -0.2) is 14.7 Å². The minimum Gasteiger partial charge on any atom is -0.486 e. The first-order valence-electron chi connectivity index (χ1n) is 9.02. The molecule has 0 saturated heterocycles. The van der Waals surface area contributed by atoms with Crippen LogP contribution in [0, 0.1) is 6.92 Å². The van der Waals surface area contributed by atoms with Gasteiger partial charge in [-0.2, -0.15) is 0 Å². The number of carbonyl (C=O) groups is 2. The summed E-state index contributed by atoms with van der Waals surface area (Å²) in [5.74, 6) is 0.355. The molecule has 0 aliphatic carbocycles. The maximum absolute atomic E-state index is 12.4. The second-order valence-corrected chi connectivity index (χ2v) is 7.38. The highest BCUT2D eigenvalue weighted by Crippen LogP contribution is 2.28. The molecule has 0 spiro atoms. The summed E-state index contributed by atoms with van der Waals surface area (Å²) in [4.78, 5) is 30.1. The van der Waals surface area contributed by atoms with E-state index in [4.69, 9.17) is 9.47 Å². The first-order valence-corrected chi connectivity index (χ1v) is 9.84. The number of nitrogens with zero attached hydrogens (tertiary/aromatic N) is 2. The molecular weight excluding hydrogens is 376 g/mol. The Balaban J connectivity index is 1.76. The van der Waals surface area contributed by atoms with Gasteiger partial charge in [0.2, 0.25) is 5.91 Å². The van der Waals surface area contributed by atoms with Crippen LogP contribution in [0.25, 0.3) is 10.2 Å². The van der Waals surface area contributed by atoms with E-state index in [0.717, 1.165) is 25.7 Å². The van der Waals surface area contributed by atoms with E-state index < -0.39 is 6.09 Å². The number of aromatic nitrogens is 1. The average molecular weight is 398 g/mol. The molecule has 2 aromatic carbocycles. The third-order valence-corrected chi connectivity index (χ3v) is 5.19. The molecule has 0 aliphatic rings. The molecule has 3 aromatic rings. The topological polar surface area (TPSA) is 68.7 Å². The third kappa shape index (κ3) is 4.31. The third-order valence-electron chi connectivity index (χ3n) is 4.18. The SMILES string of the molecule is CCCC(=O)N(C(=O)OC)c1ccc(OCc2nc3ccccc3s2)cc1C. The minimum absolute atomic E-state index is 0.268. The number of anilines is 1. The molecular formula is C21H22N2O4S. The van der Waals surface area contributed by atoms with Crippen molar-refractivity contribution in [2.24, 2.45) is 0 Å². The second-order valence-electron chi connectivity index (χ2n) is 6.26. The number of ether oxygens (including phenoxy) is 2. The number of methoxy groups -OCH3 is 1. The van der Waals surface area contributed by atoms with E-state index in [1.807, 2.05) is 38.1 Å². The Labute approximate surface area is 167 Å². The summed E-state index contributed by atoms with van der Waals surface area (Å²) < 4.78 is 11.8. The Morgan fingerprint density at radius 1 is 1.18 bits per heavy atom. The zero-order chi connectivity index (χ0) is 20.1. The Hall–Kier alpha value is -2.93. The van der Waals surface area contributed by atoms with Crippen LogP contribution in [0.5, 0.6) is 5.75 Å². The van der Waals surface area contributed by atoms with Gasteiger partial charge in [0.1, 0.15) is 17.4 Å². The van der Waals surface area contributed by atoms with E-state index in [9.17, 15) is 9.59 Å². The summed E-state index contributed by atoms with van der Waals surface area (Å²) in [6, 6.07) is 13.2. The first-order chi connectivity index (χ1) is 13.5. The van der Waals surface area contributed by atoms with Crippen LogP contribution in [0.2, 0.25) is 0 Å². The summed E-state index contributed by atoms with van der Waals surface area (Å²) >= 11 is 1.59. The van der Waals surface area contributed by atoms with Crippen molar-refractivity contribution < 1.29 is 19.1 Å². The van der Waals surface area contributed by atoms with Gasteiger partial charge in [-0.1, -0.05) is 19.1 Å². The van der Waals surface area contributed by atoms with Crippen LogP contribution in [0.1, 0.15) is 30.3 Å². The number of thiazole rings is 1. The predicted octanol–water partition coefficient (Wildman–Crippen LogP) is 5.08. The molecule has 2 amide bonds. The number of amides is 2. The number of imide groups is 1. The summed E-state index contributed by atoms with van der Waals surface area (Å²) in [7, 11) is 1.26. The molecule has 0 atom stereocenters. The van der Waals surface area contributed by atoms with Crippen LogP contribution in [0.3, 0.4) is 0 Å². The molecule has 0 saturated carbocycles. The van der Waals surface area contributed by atoms with Crippen molar-refractivity contribution in [1.29, 1.82) is 0 Å². The molecule has 1 heterocycles. The van der Waals surface area contributed by atoms with Crippen LogP contribution in [-0.2, 0) is 16.1 Å². The van der Waals surface area contributed by atoms with Gasteiger partial charge in [-0.15, -0.1) is 11.3 Å². The summed E-state index contributed by atoms with van der Waals surface area (Å²) in [6.45, 7) is 4.07. The van der Waals surface area contributed by atoms with Gasteiger partial charge >= 0.3 is 6.09 Å². The van der Waals surface area contributed by atoms with Gasteiger partial charge < -0.3 is 9.47 Å². The molecule has 146 valence electrons. The van der Waals surface area contributed by atoms with Gasteiger partial charge in [-0.05, 0) is 49.2 Å². The standard InChI is InChI=1S/C21H22N2O4S/c1-4-7-20(24)23(21(25)26-3)17-11-10-15(12-14(17)2)27-13-19-22-16-8-5-6-9-18(16)28-19/h5-6,8-12H,4,7,13H2,1-3H3. The highest BCUT2D eigenvalue weighted by Gasteiger charge is 2.25. The number of hydrogen-bond acceptors (Lipinski definition) is 6. The molecule has 0 radical (unpaired) electrons. The van der Waals surface area contributed by atoms with Gasteiger partial charge in [0.05, 0.1) is 23.0 Å². The Morgan fingerprint density at radius 3 is 2.64 bits per heavy atom. The van der Waals surface area contributed by atoms with E-state index in [2.05, 4.69) is 4.98 Å². The number of para-hydroxylation sites is 1. The summed E-state index contributed by atoms with van der Waals surface area (Å²) in [5.41, 5.74) is 2.20. The molecule has 0 N–H and O–H groups in total. The van der Waals surface area contributed by atoms with Crippen LogP contribution in [0.4, 0.5) is 10.5 Å². The lowest BCUT2D eigenvalue weighted by molar-refractivity contribution is -0.118. The number of rotatable bonds is 6. The van der Waals surface area contributed by atoms with Gasteiger partial charge in [0.25, 0.3) is 0 Å². The minimum atomic E-state index is -0.690. The van der Waals surface area contributed by atoms with Gasteiger partial charge in [0.15, 0.2) is 0 Å². The van der Waals surface area contributed by atoms with Crippen LogP contribution < -0.4 is 9.64 Å². The van der Waals surface area contributed by atoms with Gasteiger partial charge in [-0.3, -0.25) is 4.79 Å². The highest BCUT2D eigenvalue weighted by atomic mass is 32.1. The Kier molecular flexibility index (Phi) is 6.26. The fourth-order valence-electron chi connectivity index (χ4n) is 2.85. The van der Waals surface area contributed by atoms with Crippen LogP contribution >= 0.6 is 11.3 Å². The Bertz CT molecular complexity index is 966. The molecule has 28 heavy (non-hydrogen) atoms. The van der Waals surface area contributed by atoms with Crippen LogP contribution in [0.15, 0.2) is 42.5 Å². The number of hydrogen-bond donors (Lipinski definition) is 0. The average Bonchev–Trinajstić information content (AvgIpc) is 3.11. The fourth-order valence-corrected chi connectivity index (χ4v) is 3.73. The largest absolute Gasteiger partial charge is 0.486 e. The normalized spacial score (nSPS) is 10.7. The van der Waals surface area contributed by atoms with E-state index in [1.54, 1.807) is 29.5 Å². The lowest BCUT2D eigenvalue weighted by Gasteiger charge is -2.21. The van der Waals surface area contributed by atoms with Gasteiger partial charge in [0, 0.05) is 6.42 Å². The molecule has 0 aliphatic heterocycles.